The lowest BCUT2D eigenvalue weighted by molar-refractivity contribution is -0.155. The maximum Gasteiger partial charge on any atom is 0.189 e. The number of benzene rings is 12. The first-order valence-corrected chi connectivity index (χ1v) is 52.6. The Bertz CT molecular complexity index is 5320. The van der Waals surface area contributed by atoms with Gasteiger partial charge in [0.1, 0.15) is 29.6 Å². The van der Waals surface area contributed by atoms with E-state index in [4.69, 9.17) is 33.2 Å². The van der Waals surface area contributed by atoms with Gasteiger partial charge in [-0.15, -0.1) is 0 Å². The second-order valence-electron chi connectivity index (χ2n) is 39.4. The Kier molecular flexibility index (Phi) is 29.5. The molecular weight excluding hydrogens is 1660 g/mol. The molecule has 0 heterocycles. The highest BCUT2D eigenvalue weighted by Gasteiger charge is 2.52. The summed E-state index contributed by atoms with van der Waals surface area (Å²) >= 11 is 0. The van der Waals surface area contributed by atoms with Crippen molar-refractivity contribution in [2.24, 2.45) is 76.4 Å². The summed E-state index contributed by atoms with van der Waals surface area (Å²) in [4.78, 5) is 28.1. The summed E-state index contributed by atoms with van der Waals surface area (Å²) in [6, 6.07) is 110. The average molecular weight is 1790 g/mol. The normalized spacial score (nSPS) is 24.0. The van der Waals surface area contributed by atoms with Crippen molar-refractivity contribution in [3.8, 4) is 23.0 Å². The van der Waals surface area contributed by atoms with Gasteiger partial charge in [-0.05, 0) is 369 Å². The Morgan fingerprint density at radius 2 is 0.512 bits per heavy atom. The third kappa shape index (κ3) is 22.3. The summed E-state index contributed by atoms with van der Waals surface area (Å²) in [7, 11) is -0.590. The van der Waals surface area contributed by atoms with Crippen LogP contribution in [0.15, 0.2) is 368 Å². The van der Waals surface area contributed by atoms with E-state index in [1.54, 1.807) is 0 Å². The van der Waals surface area contributed by atoms with Crippen molar-refractivity contribution in [3.63, 3.8) is 0 Å². The summed E-state index contributed by atoms with van der Waals surface area (Å²) in [5.41, 5.74) is 5.75. The van der Waals surface area contributed by atoms with Crippen LogP contribution in [0.3, 0.4) is 0 Å². The number of ether oxygens (including phenoxy) is 7. The predicted octanol–water partition coefficient (Wildman–Crippen LogP) is 28.6. The Labute approximate surface area is 780 Å². The van der Waals surface area contributed by atoms with Crippen molar-refractivity contribution in [2.75, 3.05) is 27.0 Å². The van der Waals surface area contributed by atoms with Crippen LogP contribution in [-0.2, 0) is 62.6 Å². The number of rotatable bonds is 28. The van der Waals surface area contributed by atoms with Gasteiger partial charge in [0.15, 0.2) is 84.9 Å². The first-order valence-electron chi connectivity index (χ1n) is 47.7. The van der Waals surface area contributed by atoms with E-state index in [1.807, 2.05) is 0 Å². The lowest BCUT2D eigenvalue weighted by Crippen LogP contribution is -2.49. The highest BCUT2D eigenvalue weighted by atomic mass is 32.2. The molecule has 12 fully saturated rings. The van der Waals surface area contributed by atoms with Gasteiger partial charge in [0.2, 0.25) is 0 Å². The number of aryl methyl sites for hydroxylation is 5. The molecule has 0 aliphatic heterocycles. The van der Waals surface area contributed by atoms with Crippen LogP contribution in [0, 0.1) is 111 Å². The molecule has 12 aliphatic rings. The first kappa shape index (κ1) is 90.3. The van der Waals surface area contributed by atoms with Gasteiger partial charge in [-0.25, -0.2) is 0 Å². The van der Waals surface area contributed by atoms with Gasteiger partial charge >= 0.3 is 0 Å². The molecule has 0 amide bonds. The van der Waals surface area contributed by atoms with E-state index < -0.39 is 0 Å². The highest BCUT2D eigenvalue weighted by molar-refractivity contribution is 7.98. The number of hydrogen-bond acceptors (Lipinski definition) is 8. The summed E-state index contributed by atoms with van der Waals surface area (Å²) in [6.07, 6.45) is 22.8. The zero-order valence-electron chi connectivity index (χ0n) is 76.6. The second-order valence-corrected chi connectivity index (χ2v) is 47.5. The largest absolute Gasteiger partial charge is 0.485 e. The number of carbonyl (C=O) groups is 1. The van der Waals surface area contributed by atoms with Crippen LogP contribution in [0.5, 0.6) is 23.0 Å². The van der Waals surface area contributed by atoms with E-state index in [-0.39, 0.29) is 61.4 Å². The highest BCUT2D eigenvalue weighted by Crippen LogP contribution is 2.58. The molecule has 0 aromatic heterocycles. The SMILES string of the molecule is Cc1cc(OCOC2C3CC4CC(C3)CC2C4)ccc1[S+](c1ccccc1)c1ccccc1.Cc1cc([S+](c2ccccc2)c2ccccc2)cc(C)c1OCC(=O)CC(C)(C)C.Cc1cc([S+](c2ccccc2)c2ccccc2)cc(C)c1OCOC1C2CC3CC(C2)CC1C3.c1ccc([S+](c2ccccc2)c2ccc(OCOC3C4CC5CC(C4)CC3C5)cc2)cc1. The molecular formula is C117H130O8S4+4. The third-order valence-corrected chi connectivity index (χ3v) is 37.6. The molecule has 0 unspecified atom stereocenters. The van der Waals surface area contributed by atoms with E-state index in [0.29, 0.717) is 45.1 Å². The summed E-state index contributed by atoms with van der Waals surface area (Å²) in [5.74, 6) is 14.2. The number of ketones is 1. The predicted molar refractivity (Wildman–Crippen MR) is 526 cm³/mol. The molecule has 666 valence electrons. The standard InChI is InChI=1S/C31H35O2S.C30H33O2S.C29H31O2S.C27H31O2S/c1-21-13-29(34(27-9-5-3-6-10-27)28-11-7-4-8-12-28)14-22(2)30(21)32-20-33-31-25-16-23-15-24(18-25)19-26(31)17-23;1-21-14-26(31-20-32-30-24-16-22-15-23(18-24)19-25(30)17-22)12-13-29(21)33(27-8-4-2-5-9-27)28-10-6-3-7-11-28;1-3-7-26(8-4-1)32(27-9-5-2-6-10-27)28-13-11-25(12-14-28)30-20-31-29-23-16-21-15-22(18-23)19-24(29)17-21;1-20-16-25(17-21(2)26(20)29-19-22(28)18-27(3,4)5)30(23-12-8-6-9-13-23)24-14-10-7-11-15-24/h3-14,23-26,31H,15-20H2,1-2H3;2-14,22-25,30H,15-20H2,1H3;1-14,21-24,29H,15-20H2;6-17H,18-19H2,1-5H3/q4*+1. The Morgan fingerprint density at radius 3 is 0.798 bits per heavy atom. The Balaban J connectivity index is 0.000000116. The molecule has 12 aliphatic carbocycles. The monoisotopic (exact) mass is 1790 g/mol. The van der Waals surface area contributed by atoms with E-state index in [9.17, 15) is 4.79 Å². The number of carbonyl (C=O) groups excluding carboxylic acids is 1. The van der Waals surface area contributed by atoms with Crippen molar-refractivity contribution in [3.05, 3.63) is 337 Å². The van der Waals surface area contributed by atoms with E-state index in [2.05, 4.69) is 365 Å². The topological polar surface area (TPSA) is 81.7 Å². The lowest BCUT2D eigenvalue weighted by Gasteiger charge is -2.53. The van der Waals surface area contributed by atoms with Gasteiger partial charge in [-0.3, -0.25) is 4.79 Å². The Morgan fingerprint density at radius 1 is 0.264 bits per heavy atom. The Hall–Kier alpha value is -9.21. The van der Waals surface area contributed by atoms with Crippen molar-refractivity contribution in [2.45, 2.75) is 235 Å². The van der Waals surface area contributed by atoms with E-state index in [0.717, 1.165) is 105 Å². The van der Waals surface area contributed by atoms with Crippen LogP contribution in [0.2, 0.25) is 0 Å². The molecule has 0 N–H and O–H groups in total. The van der Waals surface area contributed by atoms with E-state index >= 15 is 0 Å². The van der Waals surface area contributed by atoms with Gasteiger partial charge in [0, 0.05) is 36.2 Å². The molecule has 12 aromatic rings. The van der Waals surface area contributed by atoms with Crippen LogP contribution in [-0.4, -0.2) is 51.1 Å². The minimum Gasteiger partial charge on any atom is -0.485 e. The number of hydrogen-bond donors (Lipinski definition) is 0. The van der Waals surface area contributed by atoms with Crippen molar-refractivity contribution in [1.82, 2.24) is 0 Å². The minimum atomic E-state index is -0.192. The fourth-order valence-corrected chi connectivity index (χ4v) is 32.8. The summed E-state index contributed by atoms with van der Waals surface area (Å²) < 4.78 is 43.5. The average Bonchev–Trinajstić information content (AvgIpc) is 0.764. The molecule has 12 saturated carbocycles. The molecule has 8 nitrogen and oxygen atoms in total. The molecule has 12 heteroatoms. The summed E-state index contributed by atoms with van der Waals surface area (Å²) in [6.45, 7) is 18.1. The molecule has 0 radical (unpaired) electrons. The summed E-state index contributed by atoms with van der Waals surface area (Å²) in [5, 5.41) is 0. The van der Waals surface area contributed by atoms with Crippen LogP contribution < -0.4 is 18.9 Å². The van der Waals surface area contributed by atoms with Crippen molar-refractivity contribution < 1.29 is 38.0 Å². The first-order chi connectivity index (χ1) is 63.0. The zero-order chi connectivity index (χ0) is 88.3. The molecule has 0 spiro atoms. The maximum atomic E-state index is 12.3. The van der Waals surface area contributed by atoms with Gasteiger partial charge in [-0.1, -0.05) is 166 Å². The van der Waals surface area contributed by atoms with E-state index in [1.165, 1.54) is 172 Å². The van der Waals surface area contributed by atoms with Crippen LogP contribution >= 0.6 is 0 Å². The van der Waals surface area contributed by atoms with Crippen LogP contribution in [0.4, 0.5) is 0 Å². The number of Topliss-reactive ketones (excluding diaryl/α,β-unsaturated/α-hetero) is 1. The van der Waals surface area contributed by atoms with Gasteiger partial charge in [0.05, 0.1) is 61.9 Å². The fourth-order valence-electron chi connectivity index (χ4n) is 24.0. The van der Waals surface area contributed by atoms with Crippen LogP contribution in [0.25, 0.3) is 0 Å². The lowest BCUT2D eigenvalue weighted by atomic mass is 9.55. The minimum absolute atomic E-state index is 0.0197. The molecule has 24 rings (SSSR count). The van der Waals surface area contributed by atoms with Gasteiger partial charge in [-0.2, -0.15) is 0 Å². The fraction of sp³-hybridized carbons (Fsp3) is 0.376. The smallest absolute Gasteiger partial charge is 0.189 e. The quantitative estimate of drug-likeness (QED) is 0.0354. The zero-order valence-corrected chi connectivity index (χ0v) is 79.9. The van der Waals surface area contributed by atoms with Crippen molar-refractivity contribution >= 4 is 49.4 Å². The molecule has 0 saturated heterocycles. The van der Waals surface area contributed by atoms with Crippen molar-refractivity contribution in [1.29, 1.82) is 0 Å². The third-order valence-electron chi connectivity index (χ3n) is 28.6. The second kappa shape index (κ2) is 42.1. The molecule has 129 heavy (non-hydrogen) atoms. The van der Waals surface area contributed by atoms with Crippen LogP contribution in [0.1, 0.15) is 151 Å². The maximum absolute atomic E-state index is 12.3. The molecule has 12 bridgehead atoms. The molecule has 0 atom stereocenters. The van der Waals surface area contributed by atoms with Gasteiger partial charge < -0.3 is 33.2 Å². The molecule has 12 aromatic carbocycles. The van der Waals surface area contributed by atoms with Gasteiger partial charge in [0.25, 0.3) is 0 Å².